The zero-order valence-electron chi connectivity index (χ0n) is 13.0. The van der Waals surface area contributed by atoms with Gasteiger partial charge in [-0.15, -0.1) is 0 Å². The number of hydrogen-bond donors (Lipinski definition) is 1. The Morgan fingerprint density at radius 2 is 2.00 bits per heavy atom. The molecule has 1 heterocycles. The number of alkyl carbamates (subject to hydrolysis) is 1. The highest BCUT2D eigenvalue weighted by Gasteiger charge is 2.25. The number of carbonyl (C=O) groups is 2. The van der Waals surface area contributed by atoms with E-state index in [4.69, 9.17) is 4.74 Å². The largest absolute Gasteiger partial charge is 0.467 e. The van der Waals surface area contributed by atoms with E-state index in [0.717, 1.165) is 10.6 Å². The first-order chi connectivity index (χ1) is 9.85. The van der Waals surface area contributed by atoms with Crippen molar-refractivity contribution in [2.24, 2.45) is 5.92 Å². The SMILES string of the molecule is COC(=O)[C@@H](NC(=O)OCc1cc(C(C)C)ns1)C(C)C. The van der Waals surface area contributed by atoms with Crippen molar-refractivity contribution in [3.63, 3.8) is 0 Å². The van der Waals surface area contributed by atoms with Crippen LogP contribution in [0.15, 0.2) is 6.07 Å². The van der Waals surface area contributed by atoms with Gasteiger partial charge in [0.25, 0.3) is 0 Å². The van der Waals surface area contributed by atoms with E-state index in [1.807, 2.05) is 19.9 Å². The van der Waals surface area contributed by atoms with Gasteiger partial charge < -0.3 is 14.8 Å². The highest BCUT2D eigenvalue weighted by Crippen LogP contribution is 2.18. The standard InChI is InChI=1S/C14H22N2O4S/c1-8(2)11-6-10(21-16-11)7-20-14(18)15-12(9(3)4)13(17)19-5/h6,8-9,12H,7H2,1-5H3,(H,15,18)/t12-/m0/s1. The molecule has 1 aromatic rings. The zero-order valence-corrected chi connectivity index (χ0v) is 13.8. The summed E-state index contributed by atoms with van der Waals surface area (Å²) in [5.74, 6) is -0.226. The van der Waals surface area contributed by atoms with Crippen LogP contribution in [0.25, 0.3) is 0 Å². The van der Waals surface area contributed by atoms with Crippen molar-refractivity contribution in [3.8, 4) is 0 Å². The van der Waals surface area contributed by atoms with Gasteiger partial charge in [-0.3, -0.25) is 0 Å². The number of ether oxygens (including phenoxy) is 2. The Balaban J connectivity index is 2.50. The van der Waals surface area contributed by atoms with Crippen LogP contribution in [-0.2, 0) is 20.9 Å². The van der Waals surface area contributed by atoms with Crippen LogP contribution in [0.5, 0.6) is 0 Å². The summed E-state index contributed by atoms with van der Waals surface area (Å²) >= 11 is 1.31. The van der Waals surface area contributed by atoms with Crippen LogP contribution in [0.3, 0.4) is 0 Å². The predicted molar refractivity (Wildman–Crippen MR) is 80.2 cm³/mol. The highest BCUT2D eigenvalue weighted by atomic mass is 32.1. The zero-order chi connectivity index (χ0) is 16.0. The Hall–Kier alpha value is -1.63. The predicted octanol–water partition coefficient (Wildman–Crippen LogP) is 2.69. The number of amides is 1. The summed E-state index contributed by atoms with van der Waals surface area (Å²) in [7, 11) is 1.29. The van der Waals surface area contributed by atoms with Crippen LogP contribution in [0, 0.1) is 5.92 Å². The van der Waals surface area contributed by atoms with Gasteiger partial charge in [0.15, 0.2) is 0 Å². The fourth-order valence-electron chi connectivity index (χ4n) is 1.60. The Morgan fingerprint density at radius 3 is 2.48 bits per heavy atom. The monoisotopic (exact) mass is 314 g/mol. The van der Waals surface area contributed by atoms with Gasteiger partial charge in [0.1, 0.15) is 12.6 Å². The van der Waals surface area contributed by atoms with Gasteiger partial charge in [0.05, 0.1) is 17.7 Å². The number of carbonyl (C=O) groups excluding carboxylic acids is 2. The maximum atomic E-state index is 11.7. The average Bonchev–Trinajstić information content (AvgIpc) is 2.90. The molecular formula is C14H22N2O4S. The van der Waals surface area contributed by atoms with Gasteiger partial charge in [0, 0.05) is 0 Å². The van der Waals surface area contributed by atoms with E-state index in [0.29, 0.717) is 5.92 Å². The fourth-order valence-corrected chi connectivity index (χ4v) is 2.37. The molecule has 0 radical (unpaired) electrons. The molecule has 21 heavy (non-hydrogen) atoms. The van der Waals surface area contributed by atoms with Gasteiger partial charge >= 0.3 is 12.1 Å². The number of hydrogen-bond acceptors (Lipinski definition) is 6. The number of rotatable bonds is 6. The van der Waals surface area contributed by atoms with Gasteiger partial charge in [-0.1, -0.05) is 27.7 Å². The molecule has 0 bridgehead atoms. The molecule has 1 amide bonds. The van der Waals surface area contributed by atoms with E-state index < -0.39 is 18.1 Å². The Bertz CT molecular complexity index is 485. The van der Waals surface area contributed by atoms with Crippen molar-refractivity contribution < 1.29 is 19.1 Å². The van der Waals surface area contributed by atoms with Crippen molar-refractivity contribution in [1.82, 2.24) is 9.69 Å². The first-order valence-electron chi connectivity index (χ1n) is 6.81. The van der Waals surface area contributed by atoms with Crippen LogP contribution in [-0.4, -0.2) is 29.6 Å². The second-order valence-electron chi connectivity index (χ2n) is 5.34. The van der Waals surface area contributed by atoms with Crippen molar-refractivity contribution in [3.05, 3.63) is 16.6 Å². The number of nitrogens with zero attached hydrogens (tertiary/aromatic N) is 1. The number of esters is 1. The van der Waals surface area contributed by atoms with Gasteiger partial charge in [-0.2, -0.15) is 4.37 Å². The van der Waals surface area contributed by atoms with Crippen LogP contribution in [0.4, 0.5) is 4.79 Å². The summed E-state index contributed by atoms with van der Waals surface area (Å²) in [6, 6.07) is 1.21. The molecule has 1 N–H and O–H groups in total. The number of nitrogens with one attached hydrogen (secondary N) is 1. The lowest BCUT2D eigenvalue weighted by molar-refractivity contribution is -0.144. The minimum atomic E-state index is -0.713. The third-order valence-electron chi connectivity index (χ3n) is 2.91. The van der Waals surface area contributed by atoms with E-state index in [2.05, 4.69) is 28.3 Å². The molecule has 7 heteroatoms. The molecule has 0 fully saturated rings. The molecule has 1 aromatic heterocycles. The first-order valence-corrected chi connectivity index (χ1v) is 7.59. The van der Waals surface area contributed by atoms with Gasteiger partial charge in [0.2, 0.25) is 0 Å². The molecule has 0 aromatic carbocycles. The summed E-state index contributed by atoms with van der Waals surface area (Å²) in [5.41, 5.74) is 0.980. The lowest BCUT2D eigenvalue weighted by Gasteiger charge is -2.19. The average molecular weight is 314 g/mol. The van der Waals surface area contributed by atoms with Crippen LogP contribution < -0.4 is 5.32 Å². The quantitative estimate of drug-likeness (QED) is 0.817. The summed E-state index contributed by atoms with van der Waals surface area (Å²) < 4.78 is 14.0. The van der Waals surface area contributed by atoms with E-state index in [-0.39, 0.29) is 12.5 Å². The van der Waals surface area contributed by atoms with Crippen molar-refractivity contribution in [2.45, 2.75) is 46.3 Å². The smallest absolute Gasteiger partial charge is 0.408 e. The molecule has 1 rings (SSSR count). The van der Waals surface area contributed by atoms with Gasteiger partial charge in [-0.05, 0) is 29.4 Å². The van der Waals surface area contributed by atoms with Crippen molar-refractivity contribution in [2.75, 3.05) is 7.11 Å². The topological polar surface area (TPSA) is 77.5 Å². The molecular weight excluding hydrogens is 292 g/mol. The van der Waals surface area contributed by atoms with Crippen LogP contribution >= 0.6 is 11.5 Å². The third-order valence-corrected chi connectivity index (χ3v) is 3.68. The minimum Gasteiger partial charge on any atom is -0.467 e. The fraction of sp³-hybridized carbons (Fsp3) is 0.643. The molecule has 0 unspecified atom stereocenters. The van der Waals surface area contributed by atoms with Gasteiger partial charge in [-0.25, -0.2) is 9.59 Å². The van der Waals surface area contributed by atoms with Crippen LogP contribution in [0.2, 0.25) is 0 Å². The summed E-state index contributed by atoms with van der Waals surface area (Å²) in [6.07, 6.45) is -0.640. The maximum Gasteiger partial charge on any atom is 0.408 e. The van der Waals surface area contributed by atoms with Crippen LogP contribution in [0.1, 0.15) is 44.2 Å². The highest BCUT2D eigenvalue weighted by molar-refractivity contribution is 7.05. The normalized spacial score (nSPS) is 12.3. The van der Waals surface area contributed by atoms with E-state index in [9.17, 15) is 9.59 Å². The molecule has 0 saturated carbocycles. The summed E-state index contributed by atoms with van der Waals surface area (Å²) in [6.45, 7) is 7.88. The molecule has 6 nitrogen and oxygen atoms in total. The summed E-state index contributed by atoms with van der Waals surface area (Å²) in [5, 5.41) is 2.52. The third kappa shape index (κ3) is 5.34. The molecule has 118 valence electrons. The Kier molecular flexibility index (Phi) is 6.61. The lowest BCUT2D eigenvalue weighted by Crippen LogP contribution is -2.45. The summed E-state index contributed by atoms with van der Waals surface area (Å²) in [4.78, 5) is 24.1. The molecule has 0 aliphatic carbocycles. The van der Waals surface area contributed by atoms with E-state index in [1.54, 1.807) is 0 Å². The minimum absolute atomic E-state index is 0.0825. The second-order valence-corrected chi connectivity index (χ2v) is 6.23. The Labute approximate surface area is 129 Å². The second kappa shape index (κ2) is 7.97. The van der Waals surface area contributed by atoms with Crippen molar-refractivity contribution >= 4 is 23.6 Å². The molecule has 0 aliphatic rings. The molecule has 0 spiro atoms. The Morgan fingerprint density at radius 1 is 1.33 bits per heavy atom. The molecule has 1 atom stereocenters. The van der Waals surface area contributed by atoms with E-state index in [1.165, 1.54) is 18.6 Å². The number of methoxy groups -OCH3 is 1. The van der Waals surface area contributed by atoms with E-state index >= 15 is 0 Å². The maximum absolute atomic E-state index is 11.7. The van der Waals surface area contributed by atoms with Crippen molar-refractivity contribution in [1.29, 1.82) is 0 Å². The lowest BCUT2D eigenvalue weighted by atomic mass is 10.1. The number of aromatic nitrogens is 1. The molecule has 0 aliphatic heterocycles. The molecule has 0 saturated heterocycles. The first kappa shape index (κ1) is 17.4.